The molecule has 3 aromatic rings. The highest BCUT2D eigenvalue weighted by Crippen LogP contribution is 2.37. The van der Waals surface area contributed by atoms with Crippen LogP contribution in [0.3, 0.4) is 0 Å². The van der Waals surface area contributed by atoms with Crippen LogP contribution < -0.4 is 10.1 Å². The predicted molar refractivity (Wildman–Crippen MR) is 132 cm³/mol. The number of amides is 1. The molecule has 1 amide bonds. The lowest BCUT2D eigenvalue weighted by molar-refractivity contribution is -0.143. The van der Waals surface area contributed by atoms with Crippen molar-refractivity contribution in [2.75, 3.05) is 25.1 Å². The van der Waals surface area contributed by atoms with Crippen LogP contribution in [-0.4, -0.2) is 50.1 Å². The molecule has 0 saturated carbocycles. The fourth-order valence-corrected chi connectivity index (χ4v) is 7.08. The zero-order valence-electron chi connectivity index (χ0n) is 19.0. The van der Waals surface area contributed by atoms with Gasteiger partial charge >= 0.3 is 5.97 Å². The number of carbonyl (C=O) groups excluding carboxylic acids is 3. The van der Waals surface area contributed by atoms with Gasteiger partial charge in [0.05, 0.1) is 18.2 Å². The number of sulfonamides is 1. The minimum Gasteiger partial charge on any atom is -0.482 e. The highest BCUT2D eigenvalue weighted by atomic mass is 32.2. The molecule has 0 aliphatic carbocycles. The van der Waals surface area contributed by atoms with E-state index >= 15 is 0 Å². The van der Waals surface area contributed by atoms with Crippen molar-refractivity contribution in [3.05, 3.63) is 76.7 Å². The highest BCUT2D eigenvalue weighted by Gasteiger charge is 2.38. The number of benzene rings is 2. The van der Waals surface area contributed by atoms with Gasteiger partial charge in [-0.2, -0.15) is 4.31 Å². The third-order valence-corrected chi connectivity index (χ3v) is 9.36. The van der Waals surface area contributed by atoms with Crippen molar-refractivity contribution >= 4 is 44.7 Å². The van der Waals surface area contributed by atoms with Crippen LogP contribution in [0.5, 0.6) is 5.75 Å². The van der Waals surface area contributed by atoms with Gasteiger partial charge in [0.15, 0.2) is 19.0 Å². The number of esters is 1. The van der Waals surface area contributed by atoms with Crippen LogP contribution in [0.2, 0.25) is 0 Å². The molecule has 0 radical (unpaired) electrons. The van der Waals surface area contributed by atoms with E-state index in [1.54, 1.807) is 29.6 Å². The van der Waals surface area contributed by atoms with E-state index in [0.29, 0.717) is 17.9 Å². The summed E-state index contributed by atoms with van der Waals surface area (Å²) in [5.74, 6) is -1.02. The quantitative estimate of drug-likeness (QED) is 0.371. The van der Waals surface area contributed by atoms with Crippen LogP contribution in [0, 0.1) is 0 Å². The van der Waals surface area contributed by atoms with Crippen molar-refractivity contribution in [2.45, 2.75) is 23.1 Å². The zero-order valence-corrected chi connectivity index (χ0v) is 20.6. The summed E-state index contributed by atoms with van der Waals surface area (Å²) in [4.78, 5) is 37.0. The second kappa shape index (κ2) is 9.84. The number of Topliss-reactive ketones (excluding diaryl/α,β-unsaturated/α-hetero) is 1. The van der Waals surface area contributed by atoms with Crippen molar-refractivity contribution in [2.24, 2.45) is 0 Å². The number of thiophene rings is 1. The first-order valence-corrected chi connectivity index (χ1v) is 13.5. The van der Waals surface area contributed by atoms with E-state index in [1.807, 2.05) is 18.2 Å². The smallest absolute Gasteiger partial charge is 0.308 e. The topological polar surface area (TPSA) is 119 Å². The third-order valence-electron chi connectivity index (χ3n) is 6.08. The van der Waals surface area contributed by atoms with Crippen LogP contribution in [0.1, 0.15) is 33.9 Å². The van der Waals surface area contributed by atoms with Crippen LogP contribution >= 0.6 is 11.3 Å². The lowest BCUT2D eigenvalue weighted by Crippen LogP contribution is -2.41. The van der Waals surface area contributed by atoms with E-state index in [0.717, 1.165) is 22.5 Å². The average molecular weight is 527 g/mol. The molecule has 2 aliphatic rings. The molecule has 0 bridgehead atoms. The number of fused-ring (bicyclic) bond motifs is 2. The molecule has 0 spiro atoms. The standard InChI is InChI=1S/C25H22N2O7S2/c28-21(17-7-8-22-19(12-17)26-23(29)15-33-22)14-34-24(30)13-20-18-5-2-1-4-16(18)9-10-27(20)36(31,32)25-6-3-11-35-25/h1-8,11-12,20H,9-10,13-15H2,(H,26,29). The molecule has 1 N–H and O–H groups in total. The maximum atomic E-state index is 13.3. The number of nitrogens with zero attached hydrogens (tertiary/aromatic N) is 1. The van der Waals surface area contributed by atoms with Crippen molar-refractivity contribution in [1.29, 1.82) is 0 Å². The monoisotopic (exact) mass is 526 g/mol. The summed E-state index contributed by atoms with van der Waals surface area (Å²) in [7, 11) is -3.81. The van der Waals surface area contributed by atoms with Gasteiger partial charge in [-0.05, 0) is 47.2 Å². The Labute approximate surface area is 211 Å². The molecule has 1 atom stereocenters. The Morgan fingerprint density at radius 3 is 2.78 bits per heavy atom. The summed E-state index contributed by atoms with van der Waals surface area (Å²) in [6, 6.07) is 14.4. The number of hydrogen-bond acceptors (Lipinski definition) is 8. The van der Waals surface area contributed by atoms with Crippen LogP contribution in [-0.2, 0) is 30.8 Å². The Hall–Kier alpha value is -3.54. The SMILES string of the molecule is O=C1COc2ccc(C(=O)COC(=O)CC3c4ccccc4CCN3S(=O)(=O)c3cccs3)cc2N1. The molecule has 0 fully saturated rings. The Morgan fingerprint density at radius 2 is 1.97 bits per heavy atom. The van der Waals surface area contributed by atoms with Crippen LogP contribution in [0.15, 0.2) is 64.2 Å². The normalized spacial score (nSPS) is 17.3. The molecule has 186 valence electrons. The largest absolute Gasteiger partial charge is 0.482 e. The fourth-order valence-electron chi connectivity index (χ4n) is 4.36. The fraction of sp³-hybridized carbons (Fsp3) is 0.240. The lowest BCUT2D eigenvalue weighted by atomic mass is 9.92. The summed E-state index contributed by atoms with van der Waals surface area (Å²) in [6.45, 7) is -0.378. The van der Waals surface area contributed by atoms with Gasteiger partial charge in [0, 0.05) is 12.1 Å². The maximum Gasteiger partial charge on any atom is 0.308 e. The number of nitrogens with one attached hydrogen (secondary N) is 1. The van der Waals surface area contributed by atoms with Crippen molar-refractivity contribution in [3.63, 3.8) is 0 Å². The highest BCUT2D eigenvalue weighted by molar-refractivity contribution is 7.91. The first-order valence-electron chi connectivity index (χ1n) is 11.2. The van der Waals surface area contributed by atoms with Crippen molar-refractivity contribution in [3.8, 4) is 5.75 Å². The van der Waals surface area contributed by atoms with E-state index in [9.17, 15) is 22.8 Å². The molecule has 9 nitrogen and oxygen atoms in total. The first-order chi connectivity index (χ1) is 17.3. The van der Waals surface area contributed by atoms with Crippen LogP contribution in [0.4, 0.5) is 5.69 Å². The number of carbonyl (C=O) groups is 3. The lowest BCUT2D eigenvalue weighted by Gasteiger charge is -2.35. The Bertz CT molecular complexity index is 1430. The van der Waals surface area contributed by atoms with Gasteiger partial charge in [0.25, 0.3) is 15.9 Å². The summed E-state index contributed by atoms with van der Waals surface area (Å²) in [5.41, 5.74) is 2.34. The van der Waals surface area contributed by atoms with E-state index in [4.69, 9.17) is 9.47 Å². The Balaban J connectivity index is 1.31. The number of hydrogen-bond donors (Lipinski definition) is 1. The molecule has 2 aliphatic heterocycles. The van der Waals surface area contributed by atoms with Crippen molar-refractivity contribution < 1.29 is 32.3 Å². The number of rotatable bonds is 7. The van der Waals surface area contributed by atoms with Gasteiger partial charge in [-0.25, -0.2) is 8.42 Å². The molecule has 1 aromatic heterocycles. The van der Waals surface area contributed by atoms with Crippen molar-refractivity contribution in [1.82, 2.24) is 4.31 Å². The number of ketones is 1. The Kier molecular flexibility index (Phi) is 6.61. The number of anilines is 1. The predicted octanol–water partition coefficient (Wildman–Crippen LogP) is 3.18. The van der Waals surface area contributed by atoms with Gasteiger partial charge in [-0.1, -0.05) is 30.3 Å². The molecular formula is C25H22N2O7S2. The van der Waals surface area contributed by atoms with E-state index in [2.05, 4.69) is 5.32 Å². The molecular weight excluding hydrogens is 504 g/mol. The van der Waals surface area contributed by atoms with E-state index in [1.165, 1.54) is 16.4 Å². The summed E-state index contributed by atoms with van der Waals surface area (Å²) < 4.78 is 38.8. The molecule has 11 heteroatoms. The minimum atomic E-state index is -3.81. The molecule has 0 saturated heterocycles. The van der Waals surface area contributed by atoms with Gasteiger partial charge in [0.1, 0.15) is 9.96 Å². The van der Waals surface area contributed by atoms with Gasteiger partial charge in [-0.15, -0.1) is 11.3 Å². The Morgan fingerprint density at radius 1 is 1.14 bits per heavy atom. The van der Waals surface area contributed by atoms with E-state index in [-0.39, 0.29) is 35.3 Å². The summed E-state index contributed by atoms with van der Waals surface area (Å²) in [5, 5.41) is 4.32. The van der Waals surface area contributed by atoms with Gasteiger partial charge in [0.2, 0.25) is 0 Å². The molecule has 5 rings (SSSR count). The van der Waals surface area contributed by atoms with Crippen LogP contribution in [0.25, 0.3) is 0 Å². The molecule has 1 unspecified atom stereocenters. The molecule has 3 heterocycles. The zero-order chi connectivity index (χ0) is 25.3. The van der Waals surface area contributed by atoms with Gasteiger partial charge < -0.3 is 14.8 Å². The molecule has 36 heavy (non-hydrogen) atoms. The second-order valence-corrected chi connectivity index (χ2v) is 11.4. The first kappa shape index (κ1) is 24.2. The minimum absolute atomic E-state index is 0.0958. The maximum absolute atomic E-state index is 13.3. The summed E-state index contributed by atoms with van der Waals surface area (Å²) in [6.07, 6.45) is 0.298. The second-order valence-electron chi connectivity index (χ2n) is 8.35. The van der Waals surface area contributed by atoms with Gasteiger partial charge in [-0.3, -0.25) is 14.4 Å². The van der Waals surface area contributed by atoms with E-state index < -0.39 is 34.4 Å². The molecule has 2 aromatic carbocycles. The number of ether oxygens (including phenoxy) is 2. The third kappa shape index (κ3) is 4.77. The average Bonchev–Trinajstić information content (AvgIpc) is 3.43. The summed E-state index contributed by atoms with van der Waals surface area (Å²) >= 11 is 1.12.